The van der Waals surface area contributed by atoms with Gasteiger partial charge in [-0.05, 0) is 25.0 Å². The molecule has 1 aliphatic carbocycles. The summed E-state index contributed by atoms with van der Waals surface area (Å²) >= 11 is 1.59. The number of aromatic amines is 1. The Bertz CT molecular complexity index is 805. The number of nitrogens with zero attached hydrogens (tertiary/aromatic N) is 1. The molecule has 3 rings (SSSR count). The number of fused-ring (bicyclic) bond motifs is 1. The molecule has 0 atom stereocenters. The topological polar surface area (TPSA) is 101 Å². The lowest BCUT2D eigenvalue weighted by atomic mass is 9.98. The van der Waals surface area contributed by atoms with Gasteiger partial charge >= 0.3 is 0 Å². The normalized spacial score (nSPS) is 15.6. The first-order valence-corrected chi connectivity index (χ1v) is 9.84. The maximum Gasteiger partial charge on any atom is 0.258 e. The van der Waals surface area contributed by atoms with Crippen LogP contribution in [0.3, 0.4) is 0 Å². The number of halogens is 1. The number of carbonyl (C=O) groups is 1. The van der Waals surface area contributed by atoms with E-state index in [-0.39, 0.29) is 29.4 Å². The number of H-pyrrole nitrogens is 1. The number of rotatable bonds is 7. The van der Waals surface area contributed by atoms with Crippen LogP contribution in [0.15, 0.2) is 29.1 Å². The number of benzene rings is 1. The average Bonchev–Trinajstić information content (AvgIpc) is 3.08. The highest BCUT2D eigenvalue weighted by molar-refractivity contribution is 7.98. The van der Waals surface area contributed by atoms with E-state index in [4.69, 9.17) is 5.73 Å². The fourth-order valence-corrected chi connectivity index (χ4v) is 4.13. The molecule has 1 amide bonds. The van der Waals surface area contributed by atoms with Crippen LogP contribution in [0.4, 0.5) is 0 Å². The lowest BCUT2D eigenvalue weighted by Gasteiger charge is -2.28. The largest absolute Gasteiger partial charge is 0.349 e. The van der Waals surface area contributed by atoms with Gasteiger partial charge in [-0.3, -0.25) is 9.59 Å². The summed E-state index contributed by atoms with van der Waals surface area (Å²) in [6.07, 6.45) is 4.67. The van der Waals surface area contributed by atoms with Crippen molar-refractivity contribution in [2.24, 2.45) is 5.73 Å². The molecule has 4 N–H and O–H groups in total. The molecule has 1 aromatic carbocycles. The van der Waals surface area contributed by atoms with E-state index in [0.29, 0.717) is 41.2 Å². The van der Waals surface area contributed by atoms with Gasteiger partial charge in [0.2, 0.25) is 5.91 Å². The second-order valence-electron chi connectivity index (χ2n) is 6.57. The number of nitrogens with two attached hydrogens (primary N) is 1. The van der Waals surface area contributed by atoms with Gasteiger partial charge in [0.1, 0.15) is 5.82 Å². The van der Waals surface area contributed by atoms with Crippen molar-refractivity contribution in [1.29, 1.82) is 0 Å². The summed E-state index contributed by atoms with van der Waals surface area (Å²) in [5, 5.41) is 3.72. The summed E-state index contributed by atoms with van der Waals surface area (Å²) < 4.78 is 0. The Hall–Kier alpha value is -1.57. The number of aromatic nitrogens is 2. The molecule has 1 fully saturated rings. The zero-order chi connectivity index (χ0) is 17.7. The van der Waals surface area contributed by atoms with Crippen molar-refractivity contribution in [1.82, 2.24) is 15.3 Å². The van der Waals surface area contributed by atoms with Crippen LogP contribution in [-0.2, 0) is 10.5 Å². The van der Waals surface area contributed by atoms with Gasteiger partial charge in [0.05, 0.1) is 22.2 Å². The van der Waals surface area contributed by atoms with Crippen LogP contribution in [0, 0.1) is 0 Å². The number of amides is 1. The van der Waals surface area contributed by atoms with E-state index < -0.39 is 0 Å². The number of carbonyl (C=O) groups excluding carboxylic acids is 1. The van der Waals surface area contributed by atoms with Crippen LogP contribution in [0.1, 0.15) is 37.9 Å². The molecule has 1 aromatic heterocycles. The Morgan fingerprint density at radius 2 is 2.04 bits per heavy atom. The van der Waals surface area contributed by atoms with Crippen LogP contribution < -0.4 is 16.6 Å². The maximum atomic E-state index is 12.1. The summed E-state index contributed by atoms with van der Waals surface area (Å²) in [6.45, 7) is 0.508. The third-order valence-electron chi connectivity index (χ3n) is 4.73. The van der Waals surface area contributed by atoms with Gasteiger partial charge in [0.25, 0.3) is 5.56 Å². The minimum absolute atomic E-state index is 0. The molecule has 0 unspecified atom stereocenters. The highest BCUT2D eigenvalue weighted by Gasteiger charge is 2.33. The average molecular weight is 397 g/mol. The van der Waals surface area contributed by atoms with Gasteiger partial charge in [0.15, 0.2) is 0 Å². The van der Waals surface area contributed by atoms with Gasteiger partial charge in [-0.25, -0.2) is 4.98 Å². The SMILES string of the molecule is Cl.NCC1(NC(=O)CCSCc2nc3ccccc3c(=O)[nH]2)CCCC1. The van der Waals surface area contributed by atoms with Crippen molar-refractivity contribution in [3.05, 3.63) is 40.4 Å². The summed E-state index contributed by atoms with van der Waals surface area (Å²) in [5.74, 6) is 1.96. The number of para-hydroxylation sites is 1. The van der Waals surface area contributed by atoms with E-state index in [0.717, 1.165) is 25.7 Å². The minimum atomic E-state index is -0.188. The fourth-order valence-electron chi connectivity index (χ4n) is 3.33. The van der Waals surface area contributed by atoms with Crippen molar-refractivity contribution in [2.75, 3.05) is 12.3 Å². The molecule has 1 heterocycles. The minimum Gasteiger partial charge on any atom is -0.349 e. The molecule has 0 saturated heterocycles. The molecule has 0 bridgehead atoms. The summed E-state index contributed by atoms with van der Waals surface area (Å²) in [4.78, 5) is 31.4. The highest BCUT2D eigenvalue weighted by atomic mass is 35.5. The predicted molar refractivity (Wildman–Crippen MR) is 109 cm³/mol. The second-order valence-corrected chi connectivity index (χ2v) is 7.68. The third-order valence-corrected chi connectivity index (χ3v) is 5.70. The van der Waals surface area contributed by atoms with E-state index in [9.17, 15) is 9.59 Å². The maximum absolute atomic E-state index is 12.1. The van der Waals surface area contributed by atoms with Gasteiger partial charge in [0, 0.05) is 18.7 Å². The molecule has 6 nitrogen and oxygen atoms in total. The Morgan fingerprint density at radius 1 is 1.31 bits per heavy atom. The lowest BCUT2D eigenvalue weighted by Crippen LogP contribution is -2.51. The van der Waals surface area contributed by atoms with Gasteiger partial charge in [-0.1, -0.05) is 25.0 Å². The lowest BCUT2D eigenvalue weighted by molar-refractivity contribution is -0.122. The van der Waals surface area contributed by atoms with Gasteiger partial charge < -0.3 is 16.0 Å². The van der Waals surface area contributed by atoms with Crippen molar-refractivity contribution in [3.63, 3.8) is 0 Å². The second kappa shape index (κ2) is 9.39. The van der Waals surface area contributed by atoms with Crippen LogP contribution in [0.25, 0.3) is 10.9 Å². The molecule has 0 radical (unpaired) electrons. The van der Waals surface area contributed by atoms with E-state index in [1.165, 1.54) is 0 Å². The highest BCUT2D eigenvalue weighted by Crippen LogP contribution is 2.28. The first kappa shape index (κ1) is 20.7. The van der Waals surface area contributed by atoms with Crippen molar-refractivity contribution >= 4 is 41.0 Å². The summed E-state index contributed by atoms with van der Waals surface area (Å²) in [5.41, 5.74) is 6.24. The molecule has 2 aromatic rings. The van der Waals surface area contributed by atoms with Crippen molar-refractivity contribution < 1.29 is 4.79 Å². The van der Waals surface area contributed by atoms with Crippen LogP contribution in [0.5, 0.6) is 0 Å². The molecule has 1 saturated carbocycles. The van der Waals surface area contributed by atoms with Gasteiger partial charge in [-0.2, -0.15) is 11.8 Å². The van der Waals surface area contributed by atoms with Crippen LogP contribution in [-0.4, -0.2) is 33.7 Å². The zero-order valence-corrected chi connectivity index (χ0v) is 16.3. The Labute approximate surface area is 163 Å². The number of nitrogens with one attached hydrogen (secondary N) is 2. The number of hydrogen-bond donors (Lipinski definition) is 3. The zero-order valence-electron chi connectivity index (χ0n) is 14.6. The predicted octanol–water partition coefficient (Wildman–Crippen LogP) is 2.36. The molecule has 8 heteroatoms. The van der Waals surface area contributed by atoms with Gasteiger partial charge in [-0.15, -0.1) is 12.4 Å². The van der Waals surface area contributed by atoms with Crippen molar-refractivity contribution in [3.8, 4) is 0 Å². The monoisotopic (exact) mass is 396 g/mol. The number of hydrogen-bond acceptors (Lipinski definition) is 5. The quantitative estimate of drug-likeness (QED) is 0.623. The first-order chi connectivity index (χ1) is 12.1. The Morgan fingerprint density at radius 3 is 2.77 bits per heavy atom. The van der Waals surface area contributed by atoms with E-state index in [2.05, 4.69) is 15.3 Å². The molecule has 0 aliphatic heterocycles. The van der Waals surface area contributed by atoms with Crippen LogP contribution >= 0.6 is 24.2 Å². The molecule has 142 valence electrons. The summed E-state index contributed by atoms with van der Waals surface area (Å²) in [7, 11) is 0. The number of thioether (sulfide) groups is 1. The summed E-state index contributed by atoms with van der Waals surface area (Å²) in [6, 6.07) is 7.29. The Kier molecular flexibility index (Phi) is 7.49. The molecule has 26 heavy (non-hydrogen) atoms. The first-order valence-electron chi connectivity index (χ1n) is 8.69. The van der Waals surface area contributed by atoms with E-state index in [1.807, 2.05) is 18.2 Å². The van der Waals surface area contributed by atoms with E-state index >= 15 is 0 Å². The standard InChI is InChI=1S/C18H24N4O2S.ClH/c19-12-18(8-3-4-9-18)22-16(23)7-10-25-11-15-20-14-6-2-1-5-13(14)17(24)21-15;/h1-2,5-6H,3-4,7-12,19H2,(H,22,23)(H,20,21,24);1H. The fraction of sp³-hybridized carbons (Fsp3) is 0.500. The van der Waals surface area contributed by atoms with Crippen molar-refractivity contribution in [2.45, 2.75) is 43.4 Å². The molecule has 1 aliphatic rings. The van der Waals surface area contributed by atoms with Crippen LogP contribution in [0.2, 0.25) is 0 Å². The molecular weight excluding hydrogens is 372 g/mol. The third kappa shape index (κ3) is 4.99. The van der Waals surface area contributed by atoms with E-state index in [1.54, 1.807) is 17.8 Å². The molecular formula is C18H25ClN4O2S. The Balaban J connectivity index is 0.00000243. The smallest absolute Gasteiger partial charge is 0.258 e. The molecule has 0 spiro atoms.